The monoisotopic (exact) mass is 234 g/mol. The lowest BCUT2D eigenvalue weighted by atomic mass is 10.1. The van der Waals surface area contributed by atoms with Gasteiger partial charge in [-0.2, -0.15) is 0 Å². The van der Waals surface area contributed by atoms with Gasteiger partial charge in [0.25, 0.3) is 0 Å². The maximum absolute atomic E-state index is 11.4. The SMILES string of the molecule is CC(C)NC(=O)NCC1Cc2ccccc2O1. The van der Waals surface area contributed by atoms with Gasteiger partial charge in [-0.05, 0) is 25.5 Å². The van der Waals surface area contributed by atoms with E-state index in [1.807, 2.05) is 32.0 Å². The number of para-hydroxylation sites is 1. The molecule has 1 aromatic rings. The lowest BCUT2D eigenvalue weighted by molar-refractivity contribution is 0.212. The Morgan fingerprint density at radius 3 is 2.94 bits per heavy atom. The van der Waals surface area contributed by atoms with E-state index in [9.17, 15) is 4.79 Å². The second kappa shape index (κ2) is 5.08. The van der Waals surface area contributed by atoms with Gasteiger partial charge in [-0.15, -0.1) is 0 Å². The van der Waals surface area contributed by atoms with Gasteiger partial charge in [0.2, 0.25) is 0 Å². The van der Waals surface area contributed by atoms with Gasteiger partial charge in [-0.3, -0.25) is 0 Å². The molecule has 4 heteroatoms. The largest absolute Gasteiger partial charge is 0.488 e. The Balaban J connectivity index is 1.78. The fourth-order valence-electron chi connectivity index (χ4n) is 1.89. The van der Waals surface area contributed by atoms with Crippen molar-refractivity contribution < 1.29 is 9.53 Å². The molecule has 1 aromatic carbocycles. The maximum atomic E-state index is 11.4. The molecule has 2 N–H and O–H groups in total. The third-order valence-electron chi connectivity index (χ3n) is 2.62. The second-order valence-electron chi connectivity index (χ2n) is 4.56. The van der Waals surface area contributed by atoms with E-state index in [0.717, 1.165) is 12.2 Å². The van der Waals surface area contributed by atoms with Crippen LogP contribution in [-0.2, 0) is 6.42 Å². The number of fused-ring (bicyclic) bond motifs is 1. The van der Waals surface area contributed by atoms with Gasteiger partial charge in [0, 0.05) is 12.5 Å². The van der Waals surface area contributed by atoms with Gasteiger partial charge in [-0.25, -0.2) is 4.79 Å². The number of hydrogen-bond acceptors (Lipinski definition) is 2. The third-order valence-corrected chi connectivity index (χ3v) is 2.62. The van der Waals surface area contributed by atoms with E-state index in [4.69, 9.17) is 4.74 Å². The molecule has 0 bridgehead atoms. The average molecular weight is 234 g/mol. The number of amides is 2. The minimum atomic E-state index is -0.139. The Labute approximate surface area is 101 Å². The number of carbonyl (C=O) groups is 1. The van der Waals surface area contributed by atoms with Crippen molar-refractivity contribution in [3.8, 4) is 5.75 Å². The van der Waals surface area contributed by atoms with E-state index in [1.54, 1.807) is 0 Å². The summed E-state index contributed by atoms with van der Waals surface area (Å²) in [6.07, 6.45) is 0.906. The zero-order chi connectivity index (χ0) is 12.3. The van der Waals surface area contributed by atoms with Crippen molar-refractivity contribution in [2.75, 3.05) is 6.54 Å². The van der Waals surface area contributed by atoms with Crippen LogP contribution in [0.15, 0.2) is 24.3 Å². The van der Waals surface area contributed by atoms with Crippen LogP contribution in [0.2, 0.25) is 0 Å². The summed E-state index contributed by atoms with van der Waals surface area (Å²) in [5.41, 5.74) is 1.21. The van der Waals surface area contributed by atoms with Crippen molar-refractivity contribution in [1.29, 1.82) is 0 Å². The van der Waals surface area contributed by atoms with E-state index in [0.29, 0.717) is 6.54 Å². The molecule has 1 unspecified atom stereocenters. The summed E-state index contributed by atoms with van der Waals surface area (Å²) in [5, 5.41) is 5.60. The molecule has 0 aromatic heterocycles. The summed E-state index contributed by atoms with van der Waals surface area (Å²) in [4.78, 5) is 11.4. The van der Waals surface area contributed by atoms with Gasteiger partial charge in [0.1, 0.15) is 11.9 Å². The second-order valence-corrected chi connectivity index (χ2v) is 4.56. The number of rotatable bonds is 3. The van der Waals surface area contributed by atoms with Gasteiger partial charge < -0.3 is 15.4 Å². The minimum absolute atomic E-state index is 0.0466. The quantitative estimate of drug-likeness (QED) is 0.836. The van der Waals surface area contributed by atoms with Gasteiger partial charge in [0.15, 0.2) is 0 Å². The van der Waals surface area contributed by atoms with Crippen LogP contribution in [0.4, 0.5) is 4.79 Å². The molecular formula is C13H18N2O2. The molecule has 1 aliphatic heterocycles. The van der Waals surface area contributed by atoms with E-state index in [1.165, 1.54) is 5.56 Å². The first kappa shape index (κ1) is 11.8. The van der Waals surface area contributed by atoms with Crippen molar-refractivity contribution >= 4 is 6.03 Å². The molecule has 1 heterocycles. The van der Waals surface area contributed by atoms with Crippen LogP contribution in [0, 0.1) is 0 Å². The standard InChI is InChI=1S/C13H18N2O2/c1-9(2)15-13(16)14-8-11-7-10-5-3-4-6-12(10)17-11/h3-6,9,11H,7-8H2,1-2H3,(H2,14,15,16). The first-order valence-electron chi connectivity index (χ1n) is 5.94. The Hall–Kier alpha value is -1.71. The van der Waals surface area contributed by atoms with Crippen LogP contribution in [-0.4, -0.2) is 24.7 Å². The zero-order valence-electron chi connectivity index (χ0n) is 10.2. The summed E-state index contributed by atoms with van der Waals surface area (Å²) < 4.78 is 5.72. The number of ether oxygens (including phenoxy) is 1. The van der Waals surface area contributed by atoms with E-state index < -0.39 is 0 Å². The van der Waals surface area contributed by atoms with Crippen LogP contribution in [0.1, 0.15) is 19.4 Å². The number of carbonyl (C=O) groups excluding carboxylic acids is 1. The van der Waals surface area contributed by atoms with Crippen molar-refractivity contribution in [2.45, 2.75) is 32.4 Å². The molecule has 0 spiro atoms. The van der Waals surface area contributed by atoms with Crippen LogP contribution in [0.3, 0.4) is 0 Å². The number of nitrogens with one attached hydrogen (secondary N) is 2. The predicted molar refractivity (Wildman–Crippen MR) is 66.2 cm³/mol. The molecular weight excluding hydrogens is 216 g/mol. The first-order valence-corrected chi connectivity index (χ1v) is 5.94. The summed E-state index contributed by atoms with van der Waals surface area (Å²) in [6.45, 7) is 4.40. The summed E-state index contributed by atoms with van der Waals surface area (Å²) in [6, 6.07) is 7.99. The van der Waals surface area contributed by atoms with Gasteiger partial charge in [-0.1, -0.05) is 18.2 Å². The highest BCUT2D eigenvalue weighted by atomic mass is 16.5. The predicted octanol–water partition coefficient (Wildman–Crippen LogP) is 1.70. The van der Waals surface area contributed by atoms with Crippen molar-refractivity contribution in [3.63, 3.8) is 0 Å². The maximum Gasteiger partial charge on any atom is 0.315 e. The minimum Gasteiger partial charge on any atom is -0.488 e. The number of hydrogen-bond donors (Lipinski definition) is 2. The molecule has 0 radical (unpaired) electrons. The fraction of sp³-hybridized carbons (Fsp3) is 0.462. The third kappa shape index (κ3) is 3.12. The van der Waals surface area contributed by atoms with Crippen LogP contribution >= 0.6 is 0 Å². The molecule has 0 saturated heterocycles. The van der Waals surface area contributed by atoms with Crippen molar-refractivity contribution in [3.05, 3.63) is 29.8 Å². The normalized spacial score (nSPS) is 17.5. The smallest absolute Gasteiger partial charge is 0.315 e. The highest BCUT2D eigenvalue weighted by Crippen LogP contribution is 2.27. The topological polar surface area (TPSA) is 50.4 Å². The van der Waals surface area contributed by atoms with Crippen LogP contribution in [0.5, 0.6) is 5.75 Å². The summed E-state index contributed by atoms with van der Waals surface area (Å²) in [5.74, 6) is 0.934. The Kier molecular flexibility index (Phi) is 3.52. The Bertz CT molecular complexity index is 379. The zero-order valence-corrected chi connectivity index (χ0v) is 10.2. The van der Waals surface area contributed by atoms with Crippen LogP contribution < -0.4 is 15.4 Å². The molecule has 1 atom stereocenters. The highest BCUT2D eigenvalue weighted by molar-refractivity contribution is 5.74. The summed E-state index contributed by atoms with van der Waals surface area (Å²) in [7, 11) is 0. The fourth-order valence-corrected chi connectivity index (χ4v) is 1.89. The molecule has 92 valence electrons. The molecule has 0 fully saturated rings. The van der Waals surface area contributed by atoms with Crippen molar-refractivity contribution in [2.24, 2.45) is 0 Å². The Morgan fingerprint density at radius 2 is 2.24 bits per heavy atom. The molecule has 0 saturated carbocycles. The highest BCUT2D eigenvalue weighted by Gasteiger charge is 2.22. The van der Waals surface area contributed by atoms with Gasteiger partial charge >= 0.3 is 6.03 Å². The lowest BCUT2D eigenvalue weighted by Gasteiger charge is -2.14. The van der Waals surface area contributed by atoms with Crippen LogP contribution in [0.25, 0.3) is 0 Å². The van der Waals surface area contributed by atoms with Gasteiger partial charge in [0.05, 0.1) is 6.54 Å². The summed E-state index contributed by atoms with van der Waals surface area (Å²) >= 11 is 0. The molecule has 4 nitrogen and oxygen atoms in total. The number of benzene rings is 1. The first-order chi connectivity index (χ1) is 8.15. The molecule has 1 aliphatic rings. The number of urea groups is 1. The lowest BCUT2D eigenvalue weighted by Crippen LogP contribution is -2.43. The van der Waals surface area contributed by atoms with E-state index in [-0.39, 0.29) is 18.2 Å². The van der Waals surface area contributed by atoms with E-state index in [2.05, 4.69) is 16.7 Å². The average Bonchev–Trinajstić information content (AvgIpc) is 2.68. The molecule has 2 amide bonds. The Morgan fingerprint density at radius 1 is 1.47 bits per heavy atom. The molecule has 2 rings (SSSR count). The van der Waals surface area contributed by atoms with Crippen molar-refractivity contribution in [1.82, 2.24) is 10.6 Å². The molecule has 17 heavy (non-hydrogen) atoms. The van der Waals surface area contributed by atoms with E-state index >= 15 is 0 Å². The molecule has 0 aliphatic carbocycles.